The van der Waals surface area contributed by atoms with Crippen molar-refractivity contribution in [1.29, 1.82) is 0 Å². The summed E-state index contributed by atoms with van der Waals surface area (Å²) in [6.07, 6.45) is 2.02. The molecule has 1 saturated heterocycles. The summed E-state index contributed by atoms with van der Waals surface area (Å²) in [5.41, 5.74) is 5.41. The molecule has 0 spiro atoms. The van der Waals surface area contributed by atoms with Crippen LogP contribution in [0.3, 0.4) is 0 Å². The molecule has 0 amide bonds. The van der Waals surface area contributed by atoms with Gasteiger partial charge in [-0.05, 0) is 31.8 Å². The second-order valence-electron chi connectivity index (χ2n) is 3.23. The van der Waals surface area contributed by atoms with E-state index >= 15 is 0 Å². The van der Waals surface area contributed by atoms with Crippen molar-refractivity contribution in [1.82, 2.24) is 4.90 Å². The van der Waals surface area contributed by atoms with Gasteiger partial charge >= 0.3 is 0 Å². The standard InChI is InChI=1S/C8H17FN2/c9-7-8-1-4-11(5-2-8)6-3-10/h8H,1-7,10H2. The molecule has 11 heavy (non-hydrogen) atoms. The number of piperidine rings is 1. The molecule has 2 N–H and O–H groups in total. The maximum Gasteiger partial charge on any atom is 0.0923 e. The number of alkyl halides is 1. The molecule has 66 valence electrons. The van der Waals surface area contributed by atoms with Crippen molar-refractivity contribution in [3.63, 3.8) is 0 Å². The van der Waals surface area contributed by atoms with Gasteiger partial charge in [-0.15, -0.1) is 0 Å². The largest absolute Gasteiger partial charge is 0.329 e. The molecule has 1 heterocycles. The molecule has 3 heteroatoms. The van der Waals surface area contributed by atoms with Crippen LogP contribution >= 0.6 is 0 Å². The summed E-state index contributed by atoms with van der Waals surface area (Å²) in [6, 6.07) is 0. The molecule has 1 rings (SSSR count). The van der Waals surface area contributed by atoms with Crippen molar-refractivity contribution in [3.05, 3.63) is 0 Å². The van der Waals surface area contributed by atoms with Crippen LogP contribution in [0.1, 0.15) is 12.8 Å². The van der Waals surface area contributed by atoms with Crippen molar-refractivity contribution in [2.45, 2.75) is 12.8 Å². The molecule has 1 aliphatic rings. The molecule has 0 aromatic heterocycles. The number of hydrogen-bond donors (Lipinski definition) is 1. The lowest BCUT2D eigenvalue weighted by atomic mass is 9.98. The van der Waals surface area contributed by atoms with Crippen molar-refractivity contribution in [3.8, 4) is 0 Å². The van der Waals surface area contributed by atoms with Gasteiger partial charge in [0.05, 0.1) is 6.67 Å². The smallest absolute Gasteiger partial charge is 0.0923 e. The Kier molecular flexibility index (Phi) is 3.80. The Morgan fingerprint density at radius 1 is 1.36 bits per heavy atom. The third kappa shape index (κ3) is 2.75. The third-order valence-corrected chi connectivity index (χ3v) is 2.37. The highest BCUT2D eigenvalue weighted by atomic mass is 19.1. The highest BCUT2D eigenvalue weighted by Gasteiger charge is 2.17. The summed E-state index contributed by atoms with van der Waals surface area (Å²) in [5, 5.41) is 0. The minimum atomic E-state index is -0.142. The monoisotopic (exact) mass is 160 g/mol. The molecule has 2 nitrogen and oxygen atoms in total. The highest BCUT2D eigenvalue weighted by molar-refractivity contribution is 4.71. The van der Waals surface area contributed by atoms with Gasteiger partial charge in [0.25, 0.3) is 0 Å². The Balaban J connectivity index is 2.14. The van der Waals surface area contributed by atoms with Gasteiger partial charge in [-0.2, -0.15) is 0 Å². The quantitative estimate of drug-likeness (QED) is 0.656. The molecule has 0 aromatic rings. The van der Waals surface area contributed by atoms with Gasteiger partial charge in [-0.3, -0.25) is 4.39 Å². The first kappa shape index (κ1) is 8.94. The van der Waals surface area contributed by atoms with Gasteiger partial charge in [-0.25, -0.2) is 0 Å². The molecule has 0 radical (unpaired) electrons. The summed E-state index contributed by atoms with van der Waals surface area (Å²) in [7, 11) is 0. The topological polar surface area (TPSA) is 29.3 Å². The molecule has 0 aliphatic carbocycles. The minimum Gasteiger partial charge on any atom is -0.329 e. The van der Waals surface area contributed by atoms with Crippen LogP contribution in [0.15, 0.2) is 0 Å². The summed E-state index contributed by atoms with van der Waals surface area (Å²) in [4.78, 5) is 2.31. The SMILES string of the molecule is NCCN1CCC(CF)CC1. The molecular formula is C8H17FN2. The van der Waals surface area contributed by atoms with E-state index in [1.165, 1.54) is 0 Å². The number of likely N-dealkylation sites (tertiary alicyclic amines) is 1. The molecule has 0 unspecified atom stereocenters. The molecular weight excluding hydrogens is 143 g/mol. The highest BCUT2D eigenvalue weighted by Crippen LogP contribution is 2.16. The molecule has 0 atom stereocenters. The second kappa shape index (κ2) is 4.67. The van der Waals surface area contributed by atoms with Crippen LogP contribution in [0.2, 0.25) is 0 Å². The molecule has 1 fully saturated rings. The predicted molar refractivity (Wildman–Crippen MR) is 44.2 cm³/mol. The van der Waals surface area contributed by atoms with Crippen LogP contribution < -0.4 is 5.73 Å². The van der Waals surface area contributed by atoms with Crippen LogP contribution in [0.25, 0.3) is 0 Å². The molecule has 0 aromatic carbocycles. The van der Waals surface area contributed by atoms with E-state index in [0.29, 0.717) is 5.92 Å². The zero-order chi connectivity index (χ0) is 8.10. The predicted octanol–water partition coefficient (Wildman–Crippen LogP) is 0.627. The molecule has 1 aliphatic heterocycles. The van der Waals surface area contributed by atoms with E-state index in [4.69, 9.17) is 5.73 Å². The van der Waals surface area contributed by atoms with E-state index in [1.54, 1.807) is 0 Å². The van der Waals surface area contributed by atoms with Gasteiger partial charge in [0.2, 0.25) is 0 Å². The first-order valence-corrected chi connectivity index (χ1v) is 4.35. The zero-order valence-electron chi connectivity index (χ0n) is 6.93. The summed E-state index contributed by atoms with van der Waals surface area (Å²) >= 11 is 0. The summed E-state index contributed by atoms with van der Waals surface area (Å²) in [6.45, 7) is 3.62. The Bertz CT molecular complexity index is 100. The van der Waals surface area contributed by atoms with Gasteiger partial charge in [0.15, 0.2) is 0 Å². The fraction of sp³-hybridized carbons (Fsp3) is 1.00. The van der Waals surface area contributed by atoms with Crippen LogP contribution in [0.4, 0.5) is 4.39 Å². The number of rotatable bonds is 3. The average molecular weight is 160 g/mol. The zero-order valence-corrected chi connectivity index (χ0v) is 6.93. The summed E-state index contributed by atoms with van der Waals surface area (Å²) in [5.74, 6) is 0.323. The number of hydrogen-bond acceptors (Lipinski definition) is 2. The van der Waals surface area contributed by atoms with E-state index < -0.39 is 0 Å². The van der Waals surface area contributed by atoms with E-state index in [-0.39, 0.29) is 6.67 Å². The van der Waals surface area contributed by atoms with Gasteiger partial charge < -0.3 is 10.6 Å². The molecule has 0 saturated carbocycles. The lowest BCUT2D eigenvalue weighted by Crippen LogP contribution is -2.37. The van der Waals surface area contributed by atoms with Crippen molar-refractivity contribution < 1.29 is 4.39 Å². The Hall–Kier alpha value is -0.150. The first-order chi connectivity index (χ1) is 5.36. The minimum absolute atomic E-state index is 0.142. The van der Waals surface area contributed by atoms with Crippen molar-refractivity contribution >= 4 is 0 Å². The van der Waals surface area contributed by atoms with Crippen LogP contribution in [0, 0.1) is 5.92 Å². The Labute approximate surface area is 67.6 Å². The summed E-state index contributed by atoms with van der Waals surface area (Å²) < 4.78 is 12.1. The lowest BCUT2D eigenvalue weighted by molar-refractivity contribution is 0.169. The van der Waals surface area contributed by atoms with Gasteiger partial charge in [0, 0.05) is 13.1 Å². The normalized spacial score (nSPS) is 22.4. The van der Waals surface area contributed by atoms with Crippen LogP contribution in [0.5, 0.6) is 0 Å². The maximum absolute atomic E-state index is 12.1. The lowest BCUT2D eigenvalue weighted by Gasteiger charge is -2.30. The fourth-order valence-corrected chi connectivity index (χ4v) is 1.55. The number of nitrogens with zero attached hydrogens (tertiary/aromatic N) is 1. The Morgan fingerprint density at radius 2 is 2.00 bits per heavy atom. The van der Waals surface area contributed by atoms with Crippen LogP contribution in [-0.4, -0.2) is 37.8 Å². The van der Waals surface area contributed by atoms with Crippen molar-refractivity contribution in [2.24, 2.45) is 11.7 Å². The number of halogens is 1. The van der Waals surface area contributed by atoms with Gasteiger partial charge in [-0.1, -0.05) is 0 Å². The third-order valence-electron chi connectivity index (χ3n) is 2.37. The van der Waals surface area contributed by atoms with E-state index in [9.17, 15) is 4.39 Å². The maximum atomic E-state index is 12.1. The van der Waals surface area contributed by atoms with E-state index in [2.05, 4.69) is 4.90 Å². The van der Waals surface area contributed by atoms with E-state index in [1.807, 2.05) is 0 Å². The second-order valence-corrected chi connectivity index (χ2v) is 3.23. The van der Waals surface area contributed by atoms with Crippen LogP contribution in [-0.2, 0) is 0 Å². The average Bonchev–Trinajstić information content (AvgIpc) is 2.07. The fourth-order valence-electron chi connectivity index (χ4n) is 1.55. The van der Waals surface area contributed by atoms with Crippen molar-refractivity contribution in [2.75, 3.05) is 32.9 Å². The van der Waals surface area contributed by atoms with Gasteiger partial charge in [0.1, 0.15) is 0 Å². The first-order valence-electron chi connectivity index (χ1n) is 4.35. The molecule has 0 bridgehead atoms. The van der Waals surface area contributed by atoms with E-state index in [0.717, 1.165) is 39.0 Å². The number of nitrogens with two attached hydrogens (primary N) is 1. The Morgan fingerprint density at radius 3 is 2.45 bits per heavy atom.